The van der Waals surface area contributed by atoms with Gasteiger partial charge in [-0.05, 0) is 67.8 Å². The molecule has 0 saturated heterocycles. The number of anilines is 1. The molecule has 0 bridgehead atoms. The van der Waals surface area contributed by atoms with Gasteiger partial charge in [-0.15, -0.1) is 0 Å². The first-order valence-electron chi connectivity index (χ1n) is 5.61. The molecular weight excluding hydrogens is 407 g/mol. The summed E-state index contributed by atoms with van der Waals surface area (Å²) in [6.07, 6.45) is 0. The molecule has 2 N–H and O–H groups in total. The van der Waals surface area contributed by atoms with Gasteiger partial charge in [-0.1, -0.05) is 11.6 Å². The Kier molecular flexibility index (Phi) is 4.92. The van der Waals surface area contributed by atoms with Crippen LogP contribution in [-0.4, -0.2) is 5.11 Å². The second kappa shape index (κ2) is 6.49. The second-order valence-electron chi connectivity index (χ2n) is 4.07. The third kappa shape index (κ3) is 3.45. The van der Waals surface area contributed by atoms with Gasteiger partial charge in [0.05, 0.1) is 19.5 Å². The van der Waals surface area contributed by atoms with E-state index >= 15 is 0 Å². The van der Waals surface area contributed by atoms with Crippen molar-refractivity contribution in [1.29, 1.82) is 5.26 Å². The molecule has 0 atom stereocenters. The lowest BCUT2D eigenvalue weighted by Crippen LogP contribution is -2.00. The van der Waals surface area contributed by atoms with Crippen molar-refractivity contribution in [3.63, 3.8) is 0 Å². The number of hydrogen-bond acceptors (Lipinski definition) is 3. The van der Waals surface area contributed by atoms with E-state index in [1.807, 2.05) is 24.3 Å². The summed E-state index contributed by atoms with van der Waals surface area (Å²) in [6, 6.07) is 10.9. The Bertz CT molecular complexity index is 675. The molecule has 20 heavy (non-hydrogen) atoms. The van der Waals surface area contributed by atoms with Crippen molar-refractivity contribution in [2.24, 2.45) is 0 Å². The fourth-order valence-electron chi connectivity index (χ4n) is 1.65. The SMILES string of the molecule is N#Cc1cc(NCc2cc(Br)c(O)c(Br)c2)ccc1Cl. The number of nitrogens with zero attached hydrogens (tertiary/aromatic N) is 1. The Balaban J connectivity index is 2.15. The fourth-order valence-corrected chi connectivity index (χ4v) is 3.09. The number of aromatic hydroxyl groups is 1. The number of nitriles is 1. The number of nitrogens with one attached hydrogen (secondary N) is 1. The molecule has 2 aromatic rings. The summed E-state index contributed by atoms with van der Waals surface area (Å²) >= 11 is 12.5. The number of phenols is 1. The minimum atomic E-state index is 0.173. The highest BCUT2D eigenvalue weighted by molar-refractivity contribution is 9.11. The smallest absolute Gasteiger partial charge is 0.143 e. The maximum atomic E-state index is 9.65. The minimum absolute atomic E-state index is 0.173. The number of benzene rings is 2. The van der Waals surface area contributed by atoms with E-state index in [0.717, 1.165) is 11.3 Å². The molecule has 0 aliphatic rings. The van der Waals surface area contributed by atoms with E-state index in [-0.39, 0.29) is 5.75 Å². The van der Waals surface area contributed by atoms with Crippen LogP contribution in [0.5, 0.6) is 5.75 Å². The van der Waals surface area contributed by atoms with Crippen LogP contribution in [0.4, 0.5) is 5.69 Å². The van der Waals surface area contributed by atoms with Crippen LogP contribution in [0.3, 0.4) is 0 Å². The first-order valence-corrected chi connectivity index (χ1v) is 7.58. The first kappa shape index (κ1) is 15.2. The second-order valence-corrected chi connectivity index (χ2v) is 6.18. The third-order valence-electron chi connectivity index (χ3n) is 2.66. The van der Waals surface area contributed by atoms with Crippen molar-refractivity contribution < 1.29 is 5.11 Å². The van der Waals surface area contributed by atoms with Crippen LogP contribution in [0, 0.1) is 11.3 Å². The zero-order valence-electron chi connectivity index (χ0n) is 10.1. The van der Waals surface area contributed by atoms with Crippen LogP contribution < -0.4 is 5.32 Å². The zero-order valence-corrected chi connectivity index (χ0v) is 14.1. The van der Waals surface area contributed by atoms with Crippen LogP contribution in [0.15, 0.2) is 39.3 Å². The van der Waals surface area contributed by atoms with E-state index in [1.165, 1.54) is 0 Å². The molecule has 0 aromatic heterocycles. The van der Waals surface area contributed by atoms with Gasteiger partial charge in [-0.2, -0.15) is 5.26 Å². The lowest BCUT2D eigenvalue weighted by atomic mass is 10.2. The number of hydrogen-bond donors (Lipinski definition) is 2. The molecule has 0 saturated carbocycles. The van der Waals surface area contributed by atoms with Crippen LogP contribution in [-0.2, 0) is 6.54 Å². The lowest BCUT2D eigenvalue weighted by Gasteiger charge is -2.09. The van der Waals surface area contributed by atoms with Crippen molar-refractivity contribution in [1.82, 2.24) is 0 Å². The highest BCUT2D eigenvalue weighted by Gasteiger charge is 2.06. The van der Waals surface area contributed by atoms with Gasteiger partial charge in [0.1, 0.15) is 11.8 Å². The van der Waals surface area contributed by atoms with Crippen LogP contribution in [0.2, 0.25) is 5.02 Å². The predicted molar refractivity (Wildman–Crippen MR) is 87.0 cm³/mol. The van der Waals surface area contributed by atoms with Crippen LogP contribution in [0.25, 0.3) is 0 Å². The molecule has 3 nitrogen and oxygen atoms in total. The molecule has 0 aliphatic heterocycles. The summed E-state index contributed by atoms with van der Waals surface area (Å²) in [5, 5.41) is 22.2. The molecule has 0 heterocycles. The highest BCUT2D eigenvalue weighted by Crippen LogP contribution is 2.33. The average Bonchev–Trinajstić information content (AvgIpc) is 2.43. The molecular formula is C14H9Br2ClN2O. The summed E-state index contributed by atoms with van der Waals surface area (Å²) in [7, 11) is 0. The molecule has 6 heteroatoms. The molecule has 102 valence electrons. The van der Waals surface area contributed by atoms with Gasteiger partial charge in [0.25, 0.3) is 0 Å². The fraction of sp³-hybridized carbons (Fsp3) is 0.0714. The van der Waals surface area contributed by atoms with Crippen molar-refractivity contribution >= 4 is 49.1 Å². The summed E-state index contributed by atoms with van der Waals surface area (Å²) < 4.78 is 1.25. The van der Waals surface area contributed by atoms with E-state index in [1.54, 1.807) is 12.1 Å². The quantitative estimate of drug-likeness (QED) is 0.736. The van der Waals surface area contributed by atoms with Crippen LogP contribution >= 0.6 is 43.5 Å². The van der Waals surface area contributed by atoms with E-state index < -0.39 is 0 Å². The van der Waals surface area contributed by atoms with Gasteiger partial charge in [0, 0.05) is 12.2 Å². The predicted octanol–water partition coefficient (Wildman–Crippen LogP) is 5.05. The van der Waals surface area contributed by atoms with Crippen molar-refractivity contribution in [2.75, 3.05) is 5.32 Å². The molecule has 2 aromatic carbocycles. The Morgan fingerprint density at radius 3 is 2.45 bits per heavy atom. The number of phenolic OH excluding ortho intramolecular Hbond substituents is 1. The van der Waals surface area contributed by atoms with Crippen molar-refractivity contribution in [3.8, 4) is 11.8 Å². The largest absolute Gasteiger partial charge is 0.506 e. The molecule has 0 spiro atoms. The van der Waals surface area contributed by atoms with E-state index in [4.69, 9.17) is 16.9 Å². The average molecular weight is 416 g/mol. The first-order chi connectivity index (χ1) is 9.51. The third-order valence-corrected chi connectivity index (χ3v) is 4.20. The van der Waals surface area contributed by atoms with E-state index in [2.05, 4.69) is 37.2 Å². The summed E-state index contributed by atoms with van der Waals surface area (Å²) in [6.45, 7) is 0.560. The van der Waals surface area contributed by atoms with Gasteiger partial charge in [-0.25, -0.2) is 0 Å². The van der Waals surface area contributed by atoms with Gasteiger partial charge in [0.2, 0.25) is 0 Å². The topological polar surface area (TPSA) is 56.0 Å². The minimum Gasteiger partial charge on any atom is -0.506 e. The summed E-state index contributed by atoms with van der Waals surface area (Å²) in [4.78, 5) is 0. The van der Waals surface area contributed by atoms with Crippen molar-refractivity contribution in [3.05, 3.63) is 55.4 Å². The molecule has 0 radical (unpaired) electrons. The number of halogens is 3. The lowest BCUT2D eigenvalue weighted by molar-refractivity contribution is 0.468. The Hall–Kier alpha value is -1.22. The zero-order chi connectivity index (χ0) is 14.7. The summed E-state index contributed by atoms with van der Waals surface area (Å²) in [5.74, 6) is 0.173. The Morgan fingerprint density at radius 1 is 1.20 bits per heavy atom. The Morgan fingerprint density at radius 2 is 1.85 bits per heavy atom. The van der Waals surface area contributed by atoms with Crippen LogP contribution in [0.1, 0.15) is 11.1 Å². The van der Waals surface area contributed by atoms with E-state index in [0.29, 0.717) is 26.1 Å². The standard InChI is InChI=1S/C14H9Br2ClN2O/c15-11-3-8(4-12(16)14(11)20)7-19-10-1-2-13(17)9(5-10)6-18/h1-5,19-20H,7H2. The molecule has 2 rings (SSSR count). The maximum absolute atomic E-state index is 9.65. The molecule has 0 aliphatic carbocycles. The monoisotopic (exact) mass is 414 g/mol. The van der Waals surface area contributed by atoms with Gasteiger partial charge < -0.3 is 10.4 Å². The van der Waals surface area contributed by atoms with Gasteiger partial charge in [0.15, 0.2) is 0 Å². The van der Waals surface area contributed by atoms with Crippen molar-refractivity contribution in [2.45, 2.75) is 6.54 Å². The van der Waals surface area contributed by atoms with Gasteiger partial charge >= 0.3 is 0 Å². The maximum Gasteiger partial charge on any atom is 0.143 e. The molecule has 0 amide bonds. The number of rotatable bonds is 3. The normalized spacial score (nSPS) is 10.1. The highest BCUT2D eigenvalue weighted by atomic mass is 79.9. The Labute approximate surface area is 138 Å². The van der Waals surface area contributed by atoms with Gasteiger partial charge in [-0.3, -0.25) is 0 Å². The molecule has 0 unspecified atom stereocenters. The van der Waals surface area contributed by atoms with E-state index in [9.17, 15) is 5.11 Å². The summed E-state index contributed by atoms with van der Waals surface area (Å²) in [5.41, 5.74) is 2.23. The molecule has 0 fully saturated rings.